The third kappa shape index (κ3) is 3.24. The van der Waals surface area contributed by atoms with Crippen molar-refractivity contribution in [2.24, 2.45) is 0 Å². The van der Waals surface area contributed by atoms with Gasteiger partial charge in [-0.25, -0.2) is 9.59 Å². The Morgan fingerprint density at radius 3 is 2.38 bits per heavy atom. The zero-order valence-electron chi connectivity index (χ0n) is 14.1. The van der Waals surface area contributed by atoms with Crippen LogP contribution in [0.15, 0.2) is 35.5 Å². The summed E-state index contributed by atoms with van der Waals surface area (Å²) in [6.45, 7) is 4.77. The Labute approximate surface area is 140 Å². The second kappa shape index (κ2) is 7.16. The molecule has 2 rings (SSSR count). The van der Waals surface area contributed by atoms with Gasteiger partial charge >= 0.3 is 12.0 Å². The molecule has 1 aliphatic rings. The summed E-state index contributed by atoms with van der Waals surface area (Å²) in [5.74, 6) is -0.406. The standard InChI is InChI=1S/C17H20N2O5/c1-5-24-16(21)14-10(2)18-17(22)19(11(3)20)15(14)12-6-8-13(23-4)9-7-12/h6-9,15H,5H2,1-4H3,(H,18,22). The van der Waals surface area contributed by atoms with Crippen molar-refractivity contribution in [2.45, 2.75) is 26.8 Å². The Hall–Kier alpha value is -2.83. The predicted molar refractivity (Wildman–Crippen MR) is 86.1 cm³/mol. The number of carbonyl (C=O) groups excluding carboxylic acids is 3. The minimum Gasteiger partial charge on any atom is -0.497 e. The number of amides is 3. The molecule has 7 heteroatoms. The highest BCUT2D eigenvalue weighted by molar-refractivity contribution is 6.01. The fourth-order valence-corrected chi connectivity index (χ4v) is 2.64. The first-order chi connectivity index (χ1) is 11.4. The molecule has 24 heavy (non-hydrogen) atoms. The van der Waals surface area contributed by atoms with E-state index < -0.39 is 23.9 Å². The summed E-state index contributed by atoms with van der Waals surface area (Å²) in [5, 5.41) is 2.54. The molecule has 1 N–H and O–H groups in total. The van der Waals surface area contributed by atoms with Crippen LogP contribution in [-0.2, 0) is 14.3 Å². The van der Waals surface area contributed by atoms with Crippen LogP contribution in [0, 0.1) is 0 Å². The SMILES string of the molecule is CCOC(=O)C1=C(C)NC(=O)N(C(C)=O)C1c1ccc(OC)cc1. The summed E-state index contributed by atoms with van der Waals surface area (Å²) < 4.78 is 10.2. The van der Waals surface area contributed by atoms with Crippen LogP contribution in [0.3, 0.4) is 0 Å². The summed E-state index contributed by atoms with van der Waals surface area (Å²) in [5.41, 5.74) is 1.22. The van der Waals surface area contributed by atoms with E-state index >= 15 is 0 Å². The number of esters is 1. The summed E-state index contributed by atoms with van der Waals surface area (Å²) >= 11 is 0. The van der Waals surface area contributed by atoms with E-state index in [9.17, 15) is 14.4 Å². The molecule has 7 nitrogen and oxygen atoms in total. The number of benzene rings is 1. The monoisotopic (exact) mass is 332 g/mol. The molecule has 1 aromatic rings. The van der Waals surface area contributed by atoms with Gasteiger partial charge in [-0.15, -0.1) is 0 Å². The molecule has 0 fully saturated rings. The van der Waals surface area contributed by atoms with E-state index in [1.165, 1.54) is 6.92 Å². The zero-order valence-corrected chi connectivity index (χ0v) is 14.1. The lowest BCUT2D eigenvalue weighted by molar-refractivity contribution is -0.139. The lowest BCUT2D eigenvalue weighted by Gasteiger charge is -2.35. The number of imide groups is 1. The number of carbonyl (C=O) groups is 3. The molecule has 1 atom stereocenters. The number of ether oxygens (including phenoxy) is 2. The van der Waals surface area contributed by atoms with Gasteiger partial charge in [0.1, 0.15) is 11.8 Å². The van der Waals surface area contributed by atoms with Crippen molar-refractivity contribution in [3.63, 3.8) is 0 Å². The second-order valence-corrected chi connectivity index (χ2v) is 5.25. The van der Waals surface area contributed by atoms with Crippen molar-refractivity contribution >= 4 is 17.9 Å². The minimum absolute atomic E-state index is 0.193. The quantitative estimate of drug-likeness (QED) is 0.854. The van der Waals surface area contributed by atoms with E-state index in [4.69, 9.17) is 9.47 Å². The van der Waals surface area contributed by atoms with Gasteiger partial charge in [-0.1, -0.05) is 12.1 Å². The largest absolute Gasteiger partial charge is 0.497 e. The molecule has 0 aromatic heterocycles. The molecular weight excluding hydrogens is 312 g/mol. The molecule has 0 spiro atoms. The summed E-state index contributed by atoms with van der Waals surface area (Å²) in [4.78, 5) is 37.7. The number of urea groups is 1. The molecule has 0 saturated carbocycles. The Bertz CT molecular complexity index is 693. The minimum atomic E-state index is -0.846. The summed E-state index contributed by atoms with van der Waals surface area (Å²) in [6, 6.07) is 5.42. The number of allylic oxidation sites excluding steroid dienone is 1. The van der Waals surface area contributed by atoms with Gasteiger partial charge in [0.25, 0.3) is 0 Å². The average molecular weight is 332 g/mol. The van der Waals surface area contributed by atoms with Gasteiger partial charge in [-0.2, -0.15) is 0 Å². The fourth-order valence-electron chi connectivity index (χ4n) is 2.64. The maximum Gasteiger partial charge on any atom is 0.338 e. The molecule has 0 aliphatic carbocycles. The molecule has 1 aliphatic heterocycles. The highest BCUT2D eigenvalue weighted by Crippen LogP contribution is 2.35. The first-order valence-electron chi connectivity index (χ1n) is 7.53. The third-order valence-corrected chi connectivity index (χ3v) is 3.72. The van der Waals surface area contributed by atoms with Crippen molar-refractivity contribution in [1.29, 1.82) is 0 Å². The smallest absolute Gasteiger partial charge is 0.338 e. The number of nitrogens with one attached hydrogen (secondary N) is 1. The molecule has 128 valence electrons. The van der Waals surface area contributed by atoms with Crippen LogP contribution in [0.25, 0.3) is 0 Å². The van der Waals surface area contributed by atoms with E-state index in [-0.39, 0.29) is 12.2 Å². The van der Waals surface area contributed by atoms with Crippen LogP contribution in [0.5, 0.6) is 5.75 Å². The van der Waals surface area contributed by atoms with Gasteiger partial charge < -0.3 is 14.8 Å². The van der Waals surface area contributed by atoms with Crippen molar-refractivity contribution < 1.29 is 23.9 Å². The van der Waals surface area contributed by atoms with Crippen LogP contribution < -0.4 is 10.1 Å². The molecule has 0 saturated heterocycles. The van der Waals surface area contributed by atoms with Crippen molar-refractivity contribution in [3.8, 4) is 5.75 Å². The Morgan fingerprint density at radius 1 is 1.25 bits per heavy atom. The third-order valence-electron chi connectivity index (χ3n) is 3.72. The number of nitrogens with zero attached hydrogens (tertiary/aromatic N) is 1. The first kappa shape index (κ1) is 17.5. The van der Waals surface area contributed by atoms with Gasteiger partial charge in [0.05, 0.1) is 19.3 Å². The van der Waals surface area contributed by atoms with Crippen molar-refractivity contribution in [1.82, 2.24) is 10.2 Å². The van der Waals surface area contributed by atoms with Crippen molar-refractivity contribution in [3.05, 3.63) is 41.1 Å². The fraction of sp³-hybridized carbons (Fsp3) is 0.353. The summed E-state index contributed by atoms with van der Waals surface area (Å²) in [6.07, 6.45) is 0. The number of rotatable bonds is 4. The Morgan fingerprint density at radius 2 is 1.88 bits per heavy atom. The van der Waals surface area contributed by atoms with E-state index in [1.54, 1.807) is 45.2 Å². The molecule has 1 unspecified atom stereocenters. The second-order valence-electron chi connectivity index (χ2n) is 5.25. The van der Waals surface area contributed by atoms with Gasteiger partial charge in [0.15, 0.2) is 0 Å². The van der Waals surface area contributed by atoms with Crippen LogP contribution in [0.1, 0.15) is 32.4 Å². The van der Waals surface area contributed by atoms with E-state index in [0.29, 0.717) is 17.0 Å². The normalized spacial score (nSPS) is 17.4. The highest BCUT2D eigenvalue weighted by atomic mass is 16.5. The molecule has 1 heterocycles. The Kier molecular flexibility index (Phi) is 5.23. The lowest BCUT2D eigenvalue weighted by Crippen LogP contribution is -2.50. The summed E-state index contributed by atoms with van der Waals surface area (Å²) in [7, 11) is 1.54. The van der Waals surface area contributed by atoms with E-state index in [1.807, 2.05) is 0 Å². The lowest BCUT2D eigenvalue weighted by atomic mass is 9.93. The molecule has 0 bridgehead atoms. The predicted octanol–water partition coefficient (Wildman–Crippen LogP) is 2.15. The molecule has 3 amide bonds. The zero-order chi connectivity index (χ0) is 17.9. The number of hydrogen-bond donors (Lipinski definition) is 1. The topological polar surface area (TPSA) is 84.9 Å². The number of hydrogen-bond acceptors (Lipinski definition) is 5. The van der Waals surface area contributed by atoms with Gasteiger partial charge in [-0.05, 0) is 31.5 Å². The number of methoxy groups -OCH3 is 1. The van der Waals surface area contributed by atoms with Gasteiger partial charge in [0.2, 0.25) is 5.91 Å². The maximum absolute atomic E-state index is 12.4. The first-order valence-corrected chi connectivity index (χ1v) is 7.53. The maximum atomic E-state index is 12.4. The van der Waals surface area contributed by atoms with Gasteiger partial charge in [-0.3, -0.25) is 9.69 Å². The average Bonchev–Trinajstić information content (AvgIpc) is 2.53. The van der Waals surface area contributed by atoms with E-state index in [0.717, 1.165) is 4.90 Å². The van der Waals surface area contributed by atoms with E-state index in [2.05, 4.69) is 5.32 Å². The highest BCUT2D eigenvalue weighted by Gasteiger charge is 2.40. The van der Waals surface area contributed by atoms with Crippen LogP contribution in [0.2, 0.25) is 0 Å². The van der Waals surface area contributed by atoms with Crippen molar-refractivity contribution in [2.75, 3.05) is 13.7 Å². The van der Waals surface area contributed by atoms with Crippen LogP contribution in [0.4, 0.5) is 4.79 Å². The van der Waals surface area contributed by atoms with Gasteiger partial charge in [0, 0.05) is 12.6 Å². The van der Waals surface area contributed by atoms with Crippen LogP contribution in [-0.4, -0.2) is 36.5 Å². The molecule has 1 aromatic carbocycles. The Balaban J connectivity index is 2.58. The molecular formula is C17H20N2O5. The molecule has 0 radical (unpaired) electrons. The van der Waals surface area contributed by atoms with Crippen LogP contribution >= 0.6 is 0 Å².